The van der Waals surface area contributed by atoms with Gasteiger partial charge in [0.15, 0.2) is 0 Å². The molecular weight excluding hydrogens is 747 g/mol. The summed E-state index contributed by atoms with van der Waals surface area (Å²) in [6.45, 7) is 6.17. The highest BCUT2D eigenvalue weighted by Gasteiger charge is 2.19. The average molecular weight is 802 g/mol. The first-order valence-corrected chi connectivity index (χ1v) is 22.0. The zero-order valence-corrected chi connectivity index (χ0v) is 36.1. The smallest absolute Gasteiger partial charge is 0.0781 e. The van der Waals surface area contributed by atoms with Crippen LogP contribution in [0.1, 0.15) is 55.9 Å². The van der Waals surface area contributed by atoms with Crippen molar-refractivity contribution in [3.63, 3.8) is 0 Å². The Bertz CT molecular complexity index is 2640. The first-order chi connectivity index (χ1) is 30.8. The van der Waals surface area contributed by atoms with Crippen molar-refractivity contribution in [2.45, 2.75) is 33.6 Å². The molecule has 6 aromatic rings. The fraction of sp³-hybridized carbons (Fsp3) is 0.0984. The van der Waals surface area contributed by atoms with Gasteiger partial charge in [-0.3, -0.25) is 0 Å². The minimum atomic E-state index is 0.235. The molecule has 0 saturated carbocycles. The van der Waals surface area contributed by atoms with E-state index in [1.807, 2.05) is 13.8 Å². The van der Waals surface area contributed by atoms with Crippen LogP contribution in [-0.2, 0) is 0 Å². The van der Waals surface area contributed by atoms with Crippen molar-refractivity contribution in [3.05, 3.63) is 282 Å². The van der Waals surface area contributed by atoms with Crippen LogP contribution < -0.4 is 0 Å². The minimum Gasteiger partial charge on any atom is -0.248 e. The van der Waals surface area contributed by atoms with E-state index in [4.69, 9.17) is 4.99 Å². The Hall–Kier alpha value is -7.35. The van der Waals surface area contributed by atoms with Gasteiger partial charge in [-0.15, -0.1) is 0 Å². The molecule has 0 fully saturated rings. The molecule has 0 spiro atoms. The van der Waals surface area contributed by atoms with E-state index in [9.17, 15) is 0 Å². The van der Waals surface area contributed by atoms with E-state index < -0.39 is 0 Å². The number of aliphatic imine (C=N–C) groups is 1. The van der Waals surface area contributed by atoms with Crippen molar-refractivity contribution in [1.29, 1.82) is 0 Å². The molecule has 2 aliphatic carbocycles. The number of benzene rings is 6. The summed E-state index contributed by atoms with van der Waals surface area (Å²) < 4.78 is 0. The highest BCUT2D eigenvalue weighted by Crippen LogP contribution is 2.39. The van der Waals surface area contributed by atoms with Gasteiger partial charge in [0.1, 0.15) is 0 Å². The molecule has 2 aliphatic rings. The van der Waals surface area contributed by atoms with E-state index in [2.05, 4.69) is 256 Å². The summed E-state index contributed by atoms with van der Waals surface area (Å²) in [5.41, 5.74) is 15.5. The van der Waals surface area contributed by atoms with E-state index in [0.717, 1.165) is 63.2 Å². The highest BCUT2D eigenvalue weighted by atomic mass is 14.8. The van der Waals surface area contributed by atoms with Gasteiger partial charge in [0.25, 0.3) is 0 Å². The maximum atomic E-state index is 5.62. The van der Waals surface area contributed by atoms with Crippen LogP contribution in [0.4, 0.5) is 0 Å². The second kappa shape index (κ2) is 22.3. The molecule has 0 aromatic heterocycles. The van der Waals surface area contributed by atoms with Crippen LogP contribution >= 0.6 is 0 Å². The zero-order chi connectivity index (χ0) is 42.8. The fourth-order valence-corrected chi connectivity index (χ4v) is 7.96. The number of nitrogens with zero attached hydrogens (tertiary/aromatic N) is 1. The van der Waals surface area contributed by atoms with Crippen LogP contribution in [0.2, 0.25) is 0 Å². The lowest BCUT2D eigenvalue weighted by Crippen LogP contribution is -2.06. The molecule has 0 radical (unpaired) electrons. The van der Waals surface area contributed by atoms with Crippen molar-refractivity contribution in [3.8, 4) is 22.3 Å². The summed E-state index contributed by atoms with van der Waals surface area (Å²) in [6.07, 6.45) is 31.1. The Labute approximate surface area is 370 Å². The van der Waals surface area contributed by atoms with E-state index >= 15 is 0 Å². The Morgan fingerprint density at radius 1 is 0.548 bits per heavy atom. The Morgan fingerprint density at radius 3 is 1.66 bits per heavy atom. The summed E-state index contributed by atoms with van der Waals surface area (Å²) >= 11 is 0. The van der Waals surface area contributed by atoms with Gasteiger partial charge in [0.2, 0.25) is 0 Å². The monoisotopic (exact) mass is 801 g/mol. The molecule has 1 heteroatoms. The SMILES string of the molecule is CC.CC/C=C(\N=C(C1=C/C=C\C(c2ccccc2)=C(C2C=CC=CC2)/C=C/C=C/C(c2c(-c3ccccc3)cccc2-c2ccccc2)=C\1)\c1ccccc1)c1ccccc1. The third-order valence-electron chi connectivity index (χ3n) is 10.8. The number of hydrogen-bond donors (Lipinski definition) is 0. The lowest BCUT2D eigenvalue weighted by molar-refractivity contribution is 0.789. The van der Waals surface area contributed by atoms with Crippen molar-refractivity contribution < 1.29 is 0 Å². The second-order valence-corrected chi connectivity index (χ2v) is 14.8. The van der Waals surface area contributed by atoms with Gasteiger partial charge in [0, 0.05) is 17.1 Å². The van der Waals surface area contributed by atoms with Crippen molar-refractivity contribution in [2.24, 2.45) is 10.9 Å². The summed E-state index contributed by atoms with van der Waals surface area (Å²) in [4.78, 5) is 5.62. The maximum absolute atomic E-state index is 5.62. The molecule has 0 aliphatic heterocycles. The third kappa shape index (κ3) is 10.7. The lowest BCUT2D eigenvalue weighted by atomic mass is 9.84. The predicted octanol–water partition coefficient (Wildman–Crippen LogP) is 16.6. The quantitative estimate of drug-likeness (QED) is 0.122. The molecule has 0 bridgehead atoms. The number of hydrogen-bond acceptors (Lipinski definition) is 1. The van der Waals surface area contributed by atoms with Gasteiger partial charge in [-0.2, -0.15) is 0 Å². The number of allylic oxidation sites excluding steroid dienone is 17. The largest absolute Gasteiger partial charge is 0.248 e. The van der Waals surface area contributed by atoms with Crippen LogP contribution in [0.3, 0.4) is 0 Å². The molecule has 0 amide bonds. The normalized spacial score (nSPS) is 19.9. The van der Waals surface area contributed by atoms with Gasteiger partial charge < -0.3 is 0 Å². The van der Waals surface area contributed by atoms with E-state index in [-0.39, 0.29) is 5.92 Å². The lowest BCUT2D eigenvalue weighted by Gasteiger charge is -2.20. The molecule has 1 nitrogen and oxygen atoms in total. The molecule has 0 heterocycles. The summed E-state index contributed by atoms with van der Waals surface area (Å²) in [7, 11) is 0. The second-order valence-electron chi connectivity index (χ2n) is 14.8. The standard InChI is InChI=1S/C59H49N.C2H6/c1-2-25-57(49-34-17-7-18-35-49)60-59(50-36-19-8-20-37-50)52-39-23-41-54(46-28-11-4-12-29-46)53(45-26-9-3-10-27-45)40-22-21-38-51(44-52)58-55(47-30-13-5-14-31-47)42-24-43-56(58)48-32-15-6-16-33-48;1-2/h3-26,28-45H,2,27H2,1H3;1-2H3/b22-21?,38-21+,39-23?,40-22+,41-23-,51-38?,51-44+,52-39+,52-44?,53-40?,54-41?,54-53-,57-25-,60-59-;. The van der Waals surface area contributed by atoms with E-state index in [0.29, 0.717) is 0 Å². The predicted molar refractivity (Wildman–Crippen MR) is 270 cm³/mol. The van der Waals surface area contributed by atoms with E-state index in [1.165, 1.54) is 27.8 Å². The van der Waals surface area contributed by atoms with Crippen LogP contribution in [0, 0.1) is 5.92 Å². The zero-order valence-electron chi connectivity index (χ0n) is 36.1. The van der Waals surface area contributed by atoms with Gasteiger partial charge in [-0.05, 0) is 74.6 Å². The molecule has 8 rings (SSSR count). The molecule has 6 aromatic carbocycles. The summed E-state index contributed by atoms with van der Waals surface area (Å²) in [5.74, 6) is 0.235. The molecule has 0 N–H and O–H groups in total. The minimum absolute atomic E-state index is 0.235. The van der Waals surface area contributed by atoms with Crippen molar-refractivity contribution in [2.75, 3.05) is 0 Å². The Kier molecular flexibility index (Phi) is 15.4. The number of rotatable bonds is 10. The van der Waals surface area contributed by atoms with Crippen LogP contribution in [0.5, 0.6) is 0 Å². The van der Waals surface area contributed by atoms with Gasteiger partial charge in [-0.1, -0.05) is 264 Å². The maximum Gasteiger partial charge on any atom is 0.0781 e. The molecule has 304 valence electrons. The first kappa shape index (κ1) is 42.8. The van der Waals surface area contributed by atoms with Gasteiger partial charge in [0.05, 0.1) is 11.4 Å². The average Bonchev–Trinajstić information content (AvgIpc) is 3.35. The Balaban J connectivity index is 0.00000285. The Morgan fingerprint density at radius 2 is 1.10 bits per heavy atom. The summed E-state index contributed by atoms with van der Waals surface area (Å²) in [6, 6.07) is 60.1. The molecular formula is C61H55N. The van der Waals surface area contributed by atoms with Crippen molar-refractivity contribution >= 4 is 22.6 Å². The molecule has 1 unspecified atom stereocenters. The molecule has 1 atom stereocenters. The highest BCUT2D eigenvalue weighted by molar-refractivity contribution is 6.17. The van der Waals surface area contributed by atoms with E-state index in [1.54, 1.807) is 0 Å². The van der Waals surface area contributed by atoms with Gasteiger partial charge >= 0.3 is 0 Å². The molecule has 62 heavy (non-hydrogen) atoms. The van der Waals surface area contributed by atoms with Crippen LogP contribution in [-0.4, -0.2) is 5.71 Å². The molecule has 0 saturated heterocycles. The van der Waals surface area contributed by atoms with Crippen LogP contribution in [0.15, 0.2) is 265 Å². The van der Waals surface area contributed by atoms with Gasteiger partial charge in [-0.25, -0.2) is 4.99 Å². The fourth-order valence-electron chi connectivity index (χ4n) is 7.96. The third-order valence-corrected chi connectivity index (χ3v) is 10.8. The summed E-state index contributed by atoms with van der Waals surface area (Å²) in [5, 5.41) is 0. The van der Waals surface area contributed by atoms with Crippen molar-refractivity contribution in [1.82, 2.24) is 0 Å². The first-order valence-electron chi connectivity index (χ1n) is 22.0. The van der Waals surface area contributed by atoms with Crippen LogP contribution in [0.25, 0.3) is 39.1 Å². The topological polar surface area (TPSA) is 12.4 Å².